The van der Waals surface area contributed by atoms with Crippen LogP contribution in [0, 0.1) is 0 Å². The largest absolute Gasteiger partial charge is 0.478 e. The van der Waals surface area contributed by atoms with Crippen LogP contribution in [0.3, 0.4) is 0 Å². The molecule has 0 bridgehead atoms. The van der Waals surface area contributed by atoms with Gasteiger partial charge in [0.25, 0.3) is 6.43 Å². The molecule has 0 aliphatic heterocycles. The number of nitrogens with zero attached hydrogens (tertiary/aromatic N) is 1. The number of aromatic nitrogens is 1. The summed E-state index contributed by atoms with van der Waals surface area (Å²) in [6.45, 7) is 0. The highest BCUT2D eigenvalue weighted by Gasteiger charge is 2.09. The number of pyridine rings is 1. The van der Waals surface area contributed by atoms with Crippen LogP contribution in [0.5, 0.6) is 0 Å². The summed E-state index contributed by atoms with van der Waals surface area (Å²) in [6, 6.07) is 5.30. The Morgan fingerprint density at radius 2 is 2.06 bits per heavy atom. The lowest BCUT2D eigenvalue weighted by molar-refractivity contribution is 0.0696. The first-order chi connectivity index (χ1) is 7.58. The van der Waals surface area contributed by atoms with E-state index >= 15 is 0 Å². The van der Waals surface area contributed by atoms with Crippen molar-refractivity contribution in [3.63, 3.8) is 0 Å². The monoisotopic (exact) mass is 223 g/mol. The van der Waals surface area contributed by atoms with E-state index in [1.165, 1.54) is 30.5 Å². The van der Waals surface area contributed by atoms with Gasteiger partial charge in [0.1, 0.15) is 0 Å². The predicted octanol–water partition coefficient (Wildman–Crippen LogP) is 2.87. The molecule has 0 spiro atoms. The number of rotatable bonds is 2. The minimum atomic E-state index is -2.57. The smallest absolute Gasteiger partial charge is 0.337 e. The quantitative estimate of drug-likeness (QED) is 0.851. The maximum atomic E-state index is 12.4. The SMILES string of the molecule is O=C(O)c1cnc2ccc(C(F)F)cc2c1. The molecule has 1 heterocycles. The molecular weight excluding hydrogens is 216 g/mol. The highest BCUT2D eigenvalue weighted by atomic mass is 19.3. The summed E-state index contributed by atoms with van der Waals surface area (Å²) in [5.74, 6) is -1.13. The number of halogens is 2. The van der Waals surface area contributed by atoms with Crippen molar-refractivity contribution in [1.29, 1.82) is 0 Å². The van der Waals surface area contributed by atoms with Crippen molar-refractivity contribution in [2.24, 2.45) is 0 Å². The van der Waals surface area contributed by atoms with Gasteiger partial charge in [0.15, 0.2) is 0 Å². The van der Waals surface area contributed by atoms with Gasteiger partial charge in [-0.05, 0) is 18.2 Å². The molecule has 3 nitrogen and oxygen atoms in total. The van der Waals surface area contributed by atoms with E-state index in [4.69, 9.17) is 5.11 Å². The minimum absolute atomic E-state index is 0.0149. The highest BCUT2D eigenvalue weighted by Crippen LogP contribution is 2.23. The molecule has 5 heteroatoms. The molecule has 82 valence electrons. The van der Waals surface area contributed by atoms with E-state index in [-0.39, 0.29) is 11.1 Å². The Hall–Kier alpha value is -2.04. The fraction of sp³-hybridized carbons (Fsp3) is 0.0909. The number of carbonyl (C=O) groups is 1. The number of benzene rings is 1. The Morgan fingerprint density at radius 3 is 2.69 bits per heavy atom. The molecule has 1 N–H and O–H groups in total. The number of hydrogen-bond acceptors (Lipinski definition) is 2. The second-order valence-electron chi connectivity index (χ2n) is 3.28. The van der Waals surface area contributed by atoms with Gasteiger partial charge in [0.2, 0.25) is 0 Å². The topological polar surface area (TPSA) is 50.2 Å². The van der Waals surface area contributed by atoms with Gasteiger partial charge in [-0.2, -0.15) is 0 Å². The standard InChI is InChI=1S/C11H7F2NO2/c12-10(13)6-1-2-9-7(3-6)4-8(5-14-9)11(15)16/h1-5,10H,(H,15,16). The van der Waals surface area contributed by atoms with Crippen molar-refractivity contribution in [3.8, 4) is 0 Å². The number of carboxylic acids is 1. The lowest BCUT2D eigenvalue weighted by Gasteiger charge is -2.02. The van der Waals surface area contributed by atoms with Gasteiger partial charge in [-0.25, -0.2) is 13.6 Å². The average Bonchev–Trinajstić information content (AvgIpc) is 2.27. The first-order valence-electron chi connectivity index (χ1n) is 4.49. The third-order valence-electron chi connectivity index (χ3n) is 2.20. The summed E-state index contributed by atoms with van der Waals surface area (Å²) in [4.78, 5) is 14.6. The summed E-state index contributed by atoms with van der Waals surface area (Å²) >= 11 is 0. The van der Waals surface area contributed by atoms with Crippen LogP contribution in [0.1, 0.15) is 22.3 Å². The normalized spacial score (nSPS) is 10.9. The first-order valence-corrected chi connectivity index (χ1v) is 4.49. The van der Waals surface area contributed by atoms with Gasteiger partial charge in [-0.15, -0.1) is 0 Å². The molecule has 16 heavy (non-hydrogen) atoms. The van der Waals surface area contributed by atoms with Crippen molar-refractivity contribution in [2.45, 2.75) is 6.43 Å². The van der Waals surface area contributed by atoms with Gasteiger partial charge < -0.3 is 5.11 Å². The summed E-state index contributed by atoms with van der Waals surface area (Å²) in [5.41, 5.74) is 0.338. The van der Waals surface area contributed by atoms with Crippen LogP contribution in [0.15, 0.2) is 30.5 Å². The van der Waals surface area contributed by atoms with Crippen molar-refractivity contribution in [2.75, 3.05) is 0 Å². The average molecular weight is 223 g/mol. The fourth-order valence-electron chi connectivity index (χ4n) is 1.40. The van der Waals surface area contributed by atoms with E-state index in [1.807, 2.05) is 0 Å². The second kappa shape index (κ2) is 3.84. The van der Waals surface area contributed by atoms with Crippen LogP contribution >= 0.6 is 0 Å². The number of fused-ring (bicyclic) bond motifs is 1. The molecule has 0 saturated heterocycles. The molecule has 0 aliphatic carbocycles. The van der Waals surface area contributed by atoms with Crippen LogP contribution in [0.4, 0.5) is 8.78 Å². The van der Waals surface area contributed by atoms with Gasteiger partial charge in [0, 0.05) is 17.1 Å². The molecule has 0 fully saturated rings. The summed E-state index contributed by atoms with van der Waals surface area (Å²) in [6.07, 6.45) is -1.37. The van der Waals surface area contributed by atoms with Crippen LogP contribution in [0.2, 0.25) is 0 Å². The molecule has 0 saturated carbocycles. The third kappa shape index (κ3) is 1.84. The third-order valence-corrected chi connectivity index (χ3v) is 2.20. The zero-order valence-electron chi connectivity index (χ0n) is 8.02. The molecule has 0 atom stereocenters. The zero-order valence-corrected chi connectivity index (χ0v) is 8.02. The van der Waals surface area contributed by atoms with Gasteiger partial charge in [-0.3, -0.25) is 4.98 Å². The first kappa shape index (κ1) is 10.5. The molecule has 0 amide bonds. The summed E-state index contributed by atoms with van der Waals surface area (Å²) < 4.78 is 24.8. The van der Waals surface area contributed by atoms with E-state index in [0.717, 1.165) is 0 Å². The second-order valence-corrected chi connectivity index (χ2v) is 3.28. The van der Waals surface area contributed by atoms with Gasteiger partial charge in [-0.1, -0.05) is 6.07 Å². The van der Waals surface area contributed by atoms with Crippen LogP contribution in [0.25, 0.3) is 10.9 Å². The van der Waals surface area contributed by atoms with E-state index in [0.29, 0.717) is 10.9 Å². The van der Waals surface area contributed by atoms with Crippen LogP contribution < -0.4 is 0 Å². The highest BCUT2D eigenvalue weighted by molar-refractivity contribution is 5.92. The zero-order chi connectivity index (χ0) is 11.7. The van der Waals surface area contributed by atoms with Gasteiger partial charge in [0.05, 0.1) is 11.1 Å². The van der Waals surface area contributed by atoms with E-state index in [9.17, 15) is 13.6 Å². The minimum Gasteiger partial charge on any atom is -0.478 e. The number of carboxylic acid groups (broad SMARTS) is 1. The van der Waals surface area contributed by atoms with E-state index in [1.54, 1.807) is 0 Å². The molecule has 0 radical (unpaired) electrons. The maximum Gasteiger partial charge on any atom is 0.337 e. The Kier molecular flexibility index (Phi) is 2.52. The molecule has 1 aromatic carbocycles. The van der Waals surface area contributed by atoms with Crippen molar-refractivity contribution in [1.82, 2.24) is 4.98 Å². The van der Waals surface area contributed by atoms with E-state index < -0.39 is 12.4 Å². The Labute approximate surface area is 89.3 Å². The molecule has 0 unspecified atom stereocenters. The van der Waals surface area contributed by atoms with Crippen LogP contribution in [-0.4, -0.2) is 16.1 Å². The number of hydrogen-bond donors (Lipinski definition) is 1. The molecule has 2 aromatic rings. The predicted molar refractivity (Wildman–Crippen MR) is 53.7 cm³/mol. The van der Waals surface area contributed by atoms with Crippen molar-refractivity contribution in [3.05, 3.63) is 41.6 Å². The number of aromatic carboxylic acids is 1. The summed E-state index contributed by atoms with van der Waals surface area (Å²) in [7, 11) is 0. The molecule has 1 aromatic heterocycles. The van der Waals surface area contributed by atoms with Crippen molar-refractivity contribution < 1.29 is 18.7 Å². The fourth-order valence-corrected chi connectivity index (χ4v) is 1.40. The maximum absolute atomic E-state index is 12.4. The van der Waals surface area contributed by atoms with Crippen LogP contribution in [-0.2, 0) is 0 Å². The lowest BCUT2D eigenvalue weighted by Crippen LogP contribution is -1.97. The Balaban J connectivity index is 2.61. The van der Waals surface area contributed by atoms with E-state index in [2.05, 4.69) is 4.98 Å². The lowest BCUT2D eigenvalue weighted by atomic mass is 10.1. The van der Waals surface area contributed by atoms with Gasteiger partial charge >= 0.3 is 5.97 Å². The molecule has 0 aliphatic rings. The summed E-state index contributed by atoms with van der Waals surface area (Å²) in [5, 5.41) is 9.14. The Morgan fingerprint density at radius 1 is 1.31 bits per heavy atom. The Bertz CT molecular complexity index is 555. The molecule has 2 rings (SSSR count). The van der Waals surface area contributed by atoms with Crippen molar-refractivity contribution >= 4 is 16.9 Å². The number of alkyl halides is 2. The molecular formula is C11H7F2NO2.